The van der Waals surface area contributed by atoms with E-state index in [0.717, 1.165) is 24.2 Å². The second-order valence-corrected chi connectivity index (χ2v) is 10.0. The van der Waals surface area contributed by atoms with Crippen LogP contribution in [0, 0.1) is 0 Å². The van der Waals surface area contributed by atoms with E-state index in [4.69, 9.17) is 4.42 Å². The van der Waals surface area contributed by atoms with Gasteiger partial charge in [0, 0.05) is 17.4 Å². The predicted molar refractivity (Wildman–Crippen MR) is 157 cm³/mol. The highest BCUT2D eigenvalue weighted by molar-refractivity contribution is 6.20. The molecule has 1 heteroatoms. The maximum Gasteiger partial charge on any atom is 0.135 e. The van der Waals surface area contributed by atoms with Gasteiger partial charge in [0.2, 0.25) is 0 Å². The van der Waals surface area contributed by atoms with Crippen molar-refractivity contribution in [2.45, 2.75) is 12.8 Å². The topological polar surface area (TPSA) is 13.1 Å². The van der Waals surface area contributed by atoms with Crippen LogP contribution in [0.1, 0.15) is 23.3 Å². The van der Waals surface area contributed by atoms with E-state index in [1.165, 1.54) is 65.5 Å². The lowest BCUT2D eigenvalue weighted by Gasteiger charge is -2.21. The molecule has 0 unspecified atom stereocenters. The maximum atomic E-state index is 6.39. The third kappa shape index (κ3) is 3.11. The summed E-state index contributed by atoms with van der Waals surface area (Å²) in [6.45, 7) is 0. The van der Waals surface area contributed by atoms with Gasteiger partial charge >= 0.3 is 0 Å². The number of fused-ring (bicyclic) bond motifs is 6. The molecule has 1 aromatic heterocycles. The maximum absolute atomic E-state index is 6.39. The minimum absolute atomic E-state index is 0.912. The molecule has 0 fully saturated rings. The number of aryl methyl sites for hydroxylation is 1. The lowest BCUT2D eigenvalue weighted by Crippen LogP contribution is -1.99. The Morgan fingerprint density at radius 3 is 1.73 bits per heavy atom. The van der Waals surface area contributed by atoms with Crippen LogP contribution in [0.4, 0.5) is 0 Å². The van der Waals surface area contributed by atoms with E-state index in [0.29, 0.717) is 0 Å². The molecule has 0 saturated heterocycles. The molecule has 0 amide bonds. The molecule has 37 heavy (non-hydrogen) atoms. The summed E-state index contributed by atoms with van der Waals surface area (Å²) in [5.74, 6) is 1.10. The normalized spacial score (nSPS) is 13.4. The van der Waals surface area contributed by atoms with Gasteiger partial charge in [0.1, 0.15) is 11.3 Å². The van der Waals surface area contributed by atoms with Crippen LogP contribution in [0.25, 0.3) is 66.1 Å². The van der Waals surface area contributed by atoms with Crippen molar-refractivity contribution in [3.63, 3.8) is 0 Å². The molecule has 8 rings (SSSR count). The Labute approximate surface area is 215 Å². The first kappa shape index (κ1) is 20.6. The largest absolute Gasteiger partial charge is 0.460 e. The van der Waals surface area contributed by atoms with Crippen LogP contribution in [0.15, 0.2) is 120 Å². The number of allylic oxidation sites excluding steroid dienone is 1. The van der Waals surface area contributed by atoms with Crippen LogP contribution < -0.4 is 0 Å². The van der Waals surface area contributed by atoms with Crippen molar-refractivity contribution >= 4 is 54.9 Å². The first-order valence-corrected chi connectivity index (χ1v) is 13.0. The summed E-state index contributed by atoms with van der Waals surface area (Å²) in [6, 6.07) is 41.6. The molecular weight excluding hydrogens is 448 g/mol. The van der Waals surface area contributed by atoms with Gasteiger partial charge < -0.3 is 4.42 Å². The van der Waals surface area contributed by atoms with Crippen molar-refractivity contribution < 1.29 is 4.42 Å². The molecule has 6 aromatic carbocycles. The van der Waals surface area contributed by atoms with E-state index in [2.05, 4.69) is 121 Å². The summed E-state index contributed by atoms with van der Waals surface area (Å²) >= 11 is 0. The molecule has 7 aromatic rings. The number of benzene rings is 6. The quantitative estimate of drug-likeness (QED) is 0.228. The zero-order chi connectivity index (χ0) is 24.3. The fourth-order valence-electron chi connectivity index (χ4n) is 6.28. The van der Waals surface area contributed by atoms with Gasteiger partial charge in [-0.1, -0.05) is 103 Å². The van der Waals surface area contributed by atoms with Gasteiger partial charge in [0.05, 0.1) is 0 Å². The molecule has 1 heterocycles. The lowest BCUT2D eigenvalue weighted by molar-refractivity contribution is 0.548. The zero-order valence-electron chi connectivity index (χ0n) is 20.4. The van der Waals surface area contributed by atoms with Crippen molar-refractivity contribution in [1.29, 1.82) is 0 Å². The first-order chi connectivity index (χ1) is 18.3. The van der Waals surface area contributed by atoms with E-state index >= 15 is 0 Å². The van der Waals surface area contributed by atoms with Crippen LogP contribution in [-0.4, -0.2) is 0 Å². The number of hydrogen-bond donors (Lipinski definition) is 0. The fourth-order valence-corrected chi connectivity index (χ4v) is 6.28. The predicted octanol–water partition coefficient (Wildman–Crippen LogP) is 10.0. The molecule has 1 aliphatic carbocycles. The Bertz CT molecular complexity index is 1960. The van der Waals surface area contributed by atoms with Crippen LogP contribution in [0.2, 0.25) is 0 Å². The van der Waals surface area contributed by atoms with E-state index in [-0.39, 0.29) is 0 Å². The van der Waals surface area contributed by atoms with Gasteiger partial charge in [0.25, 0.3) is 0 Å². The van der Waals surface area contributed by atoms with Gasteiger partial charge in [-0.15, -0.1) is 0 Å². The lowest BCUT2D eigenvalue weighted by atomic mass is 9.82. The molecule has 0 N–H and O–H groups in total. The standard InChI is InChI=1S/C36H24O/c1-2-10-23(11-3-1)35-27-14-6-8-16-29(27)36(30-17-9-7-15-28(30)35)26-18-19-33-31(21-26)32-20-24-12-4-5-13-25(24)22-34(32)37-33/h1-17,20-22H,18-19H2. The molecule has 174 valence electrons. The number of hydrogen-bond acceptors (Lipinski definition) is 1. The van der Waals surface area contributed by atoms with E-state index in [1.54, 1.807) is 0 Å². The minimum Gasteiger partial charge on any atom is -0.460 e. The molecule has 0 radical (unpaired) electrons. The second-order valence-electron chi connectivity index (χ2n) is 10.0. The average Bonchev–Trinajstić information content (AvgIpc) is 3.31. The molecule has 0 spiro atoms. The molecular formula is C36H24O. The highest BCUT2D eigenvalue weighted by Crippen LogP contribution is 2.45. The molecule has 0 aliphatic heterocycles. The van der Waals surface area contributed by atoms with Crippen molar-refractivity contribution in [2.24, 2.45) is 0 Å². The van der Waals surface area contributed by atoms with Crippen molar-refractivity contribution in [3.8, 4) is 11.1 Å². The van der Waals surface area contributed by atoms with Gasteiger partial charge in [-0.25, -0.2) is 0 Å². The third-order valence-corrected chi connectivity index (χ3v) is 7.93. The molecule has 0 bridgehead atoms. The van der Waals surface area contributed by atoms with Crippen LogP contribution in [0.5, 0.6) is 0 Å². The average molecular weight is 473 g/mol. The van der Waals surface area contributed by atoms with Crippen molar-refractivity contribution in [2.75, 3.05) is 0 Å². The Hall–Kier alpha value is -4.62. The fraction of sp³-hybridized carbons (Fsp3) is 0.0556. The van der Waals surface area contributed by atoms with Crippen LogP contribution >= 0.6 is 0 Å². The van der Waals surface area contributed by atoms with Gasteiger partial charge in [-0.3, -0.25) is 0 Å². The zero-order valence-corrected chi connectivity index (χ0v) is 20.4. The Kier molecular flexibility index (Phi) is 4.41. The summed E-state index contributed by atoms with van der Waals surface area (Å²) in [4.78, 5) is 0. The highest BCUT2D eigenvalue weighted by atomic mass is 16.3. The summed E-state index contributed by atoms with van der Waals surface area (Å²) in [5, 5.41) is 8.91. The SMILES string of the molecule is C1=C(c2c3ccccc3c(-c3ccccc3)c3ccccc23)CCc2oc3cc4ccccc4cc3c21. The summed E-state index contributed by atoms with van der Waals surface area (Å²) in [5.41, 5.74) is 7.53. The van der Waals surface area contributed by atoms with E-state index in [9.17, 15) is 0 Å². The van der Waals surface area contributed by atoms with Gasteiger partial charge in [-0.2, -0.15) is 0 Å². The Morgan fingerprint density at radius 1 is 0.486 bits per heavy atom. The molecule has 0 atom stereocenters. The van der Waals surface area contributed by atoms with E-state index < -0.39 is 0 Å². The summed E-state index contributed by atoms with van der Waals surface area (Å²) < 4.78 is 6.39. The molecule has 1 nitrogen and oxygen atoms in total. The number of rotatable bonds is 2. The minimum atomic E-state index is 0.912. The van der Waals surface area contributed by atoms with Gasteiger partial charge in [0.15, 0.2) is 0 Å². The number of furan rings is 1. The molecule has 1 aliphatic rings. The molecule has 0 saturated carbocycles. The Balaban J connectivity index is 1.44. The van der Waals surface area contributed by atoms with Crippen molar-refractivity contribution in [1.82, 2.24) is 0 Å². The monoisotopic (exact) mass is 472 g/mol. The van der Waals surface area contributed by atoms with Crippen LogP contribution in [0.3, 0.4) is 0 Å². The van der Waals surface area contributed by atoms with E-state index in [1.807, 2.05) is 0 Å². The van der Waals surface area contributed by atoms with Gasteiger partial charge in [-0.05, 0) is 79.2 Å². The highest BCUT2D eigenvalue weighted by Gasteiger charge is 2.23. The second kappa shape index (κ2) is 7.94. The summed E-state index contributed by atoms with van der Waals surface area (Å²) in [7, 11) is 0. The van der Waals surface area contributed by atoms with Crippen LogP contribution in [-0.2, 0) is 6.42 Å². The Morgan fingerprint density at radius 2 is 1.05 bits per heavy atom. The smallest absolute Gasteiger partial charge is 0.135 e. The summed E-state index contributed by atoms with van der Waals surface area (Å²) in [6.07, 6.45) is 4.27. The van der Waals surface area contributed by atoms with Crippen molar-refractivity contribution in [3.05, 3.63) is 132 Å². The first-order valence-electron chi connectivity index (χ1n) is 13.0. The third-order valence-electron chi connectivity index (χ3n) is 7.93.